The Labute approximate surface area is 102 Å². The number of hydrogen-bond acceptors (Lipinski definition) is 4. The van der Waals surface area contributed by atoms with Gasteiger partial charge in [0.1, 0.15) is 10.8 Å². The molecular weight excluding hydrogens is 224 g/mol. The van der Waals surface area contributed by atoms with Gasteiger partial charge in [-0.25, -0.2) is 4.98 Å². The average Bonchev–Trinajstić information content (AvgIpc) is 2.19. The molecule has 0 aliphatic heterocycles. The minimum absolute atomic E-state index is 0.170. The van der Waals surface area contributed by atoms with Gasteiger partial charge in [-0.2, -0.15) is 4.98 Å². The molecule has 4 nitrogen and oxygen atoms in total. The van der Waals surface area contributed by atoms with Crippen molar-refractivity contribution >= 4 is 23.4 Å². The molecule has 0 amide bonds. The molecule has 1 aromatic heterocycles. The number of rotatable bonds is 4. The number of hydrogen-bond donors (Lipinski definition) is 2. The van der Waals surface area contributed by atoms with E-state index in [-0.39, 0.29) is 11.4 Å². The topological polar surface area (TPSA) is 63.8 Å². The van der Waals surface area contributed by atoms with Crippen molar-refractivity contribution in [1.29, 1.82) is 0 Å². The average molecular weight is 243 g/mol. The first kappa shape index (κ1) is 13.0. The third-order valence-corrected chi connectivity index (χ3v) is 3.31. The van der Waals surface area contributed by atoms with Crippen LogP contribution in [0, 0.1) is 11.3 Å². The Bertz CT molecular complexity index is 363. The van der Waals surface area contributed by atoms with Gasteiger partial charge in [0, 0.05) is 6.54 Å². The predicted octanol–water partition coefficient (Wildman–Crippen LogP) is 2.81. The second-order valence-electron chi connectivity index (χ2n) is 4.92. The lowest BCUT2D eigenvalue weighted by Crippen LogP contribution is -2.29. The van der Waals surface area contributed by atoms with Crippen LogP contribution in [0.4, 0.5) is 11.8 Å². The second-order valence-corrected chi connectivity index (χ2v) is 5.33. The molecule has 90 valence electrons. The van der Waals surface area contributed by atoms with E-state index in [1.807, 2.05) is 0 Å². The summed E-state index contributed by atoms with van der Waals surface area (Å²) in [5.74, 6) is 1.40. The lowest BCUT2D eigenvalue weighted by Gasteiger charge is -2.29. The van der Waals surface area contributed by atoms with Gasteiger partial charge in [-0.3, -0.25) is 0 Å². The molecule has 0 bridgehead atoms. The van der Waals surface area contributed by atoms with Gasteiger partial charge >= 0.3 is 0 Å². The molecule has 1 heterocycles. The molecule has 0 saturated heterocycles. The van der Waals surface area contributed by atoms with E-state index in [4.69, 9.17) is 17.3 Å². The number of nitrogens with one attached hydrogen (secondary N) is 1. The fourth-order valence-corrected chi connectivity index (χ4v) is 1.18. The molecule has 16 heavy (non-hydrogen) atoms. The highest BCUT2D eigenvalue weighted by Crippen LogP contribution is 2.27. The van der Waals surface area contributed by atoms with E-state index >= 15 is 0 Å². The van der Waals surface area contributed by atoms with Gasteiger partial charge in [0.2, 0.25) is 5.95 Å². The van der Waals surface area contributed by atoms with Crippen LogP contribution >= 0.6 is 11.6 Å². The SMILES string of the molecule is CC(C)C(C)(C)CNc1nc(N)ncc1Cl. The summed E-state index contributed by atoms with van der Waals surface area (Å²) in [6.07, 6.45) is 1.51. The van der Waals surface area contributed by atoms with Crippen LogP contribution in [0.1, 0.15) is 27.7 Å². The minimum Gasteiger partial charge on any atom is -0.368 e. The number of nitrogens with zero attached hydrogens (tertiary/aromatic N) is 2. The molecule has 0 unspecified atom stereocenters. The molecule has 0 radical (unpaired) electrons. The van der Waals surface area contributed by atoms with E-state index < -0.39 is 0 Å². The maximum Gasteiger partial charge on any atom is 0.222 e. The monoisotopic (exact) mass is 242 g/mol. The van der Waals surface area contributed by atoms with Crippen LogP contribution < -0.4 is 11.1 Å². The maximum absolute atomic E-state index is 5.96. The van der Waals surface area contributed by atoms with Gasteiger partial charge < -0.3 is 11.1 Å². The highest BCUT2D eigenvalue weighted by atomic mass is 35.5. The van der Waals surface area contributed by atoms with Crippen molar-refractivity contribution in [2.75, 3.05) is 17.6 Å². The van der Waals surface area contributed by atoms with Crippen molar-refractivity contribution in [2.45, 2.75) is 27.7 Å². The maximum atomic E-state index is 5.96. The third kappa shape index (κ3) is 3.23. The van der Waals surface area contributed by atoms with E-state index in [0.717, 1.165) is 6.54 Å². The summed E-state index contributed by atoms with van der Waals surface area (Å²) < 4.78 is 0. The predicted molar refractivity (Wildman–Crippen MR) is 68.6 cm³/mol. The molecule has 0 aromatic carbocycles. The van der Waals surface area contributed by atoms with Crippen molar-refractivity contribution in [3.05, 3.63) is 11.2 Å². The lowest BCUT2D eigenvalue weighted by molar-refractivity contribution is 0.269. The zero-order valence-electron chi connectivity index (χ0n) is 10.2. The summed E-state index contributed by atoms with van der Waals surface area (Å²) in [6, 6.07) is 0. The first-order valence-electron chi connectivity index (χ1n) is 5.35. The molecule has 0 aliphatic carbocycles. The molecule has 1 aromatic rings. The van der Waals surface area contributed by atoms with Gasteiger partial charge in [0.15, 0.2) is 0 Å². The first-order chi connectivity index (χ1) is 7.33. The Morgan fingerprint density at radius 3 is 2.69 bits per heavy atom. The van der Waals surface area contributed by atoms with Crippen molar-refractivity contribution in [2.24, 2.45) is 11.3 Å². The fourth-order valence-electron chi connectivity index (χ4n) is 1.02. The van der Waals surface area contributed by atoms with Crippen LogP contribution in [0.25, 0.3) is 0 Å². The molecule has 1 rings (SSSR count). The summed E-state index contributed by atoms with van der Waals surface area (Å²) >= 11 is 5.96. The van der Waals surface area contributed by atoms with Crippen LogP contribution in [0.3, 0.4) is 0 Å². The summed E-state index contributed by atoms with van der Waals surface area (Å²) in [7, 11) is 0. The number of halogens is 1. The highest BCUT2D eigenvalue weighted by Gasteiger charge is 2.22. The molecule has 0 saturated carbocycles. The highest BCUT2D eigenvalue weighted by molar-refractivity contribution is 6.32. The molecule has 3 N–H and O–H groups in total. The van der Waals surface area contributed by atoms with E-state index in [0.29, 0.717) is 16.8 Å². The Kier molecular flexibility index (Phi) is 3.97. The van der Waals surface area contributed by atoms with Crippen molar-refractivity contribution in [3.8, 4) is 0 Å². The Morgan fingerprint density at radius 2 is 2.12 bits per heavy atom. The molecule has 0 atom stereocenters. The molecular formula is C11H19ClN4. The third-order valence-electron chi connectivity index (χ3n) is 3.04. The summed E-state index contributed by atoms with van der Waals surface area (Å²) in [5, 5.41) is 3.71. The zero-order chi connectivity index (χ0) is 12.3. The van der Waals surface area contributed by atoms with Crippen LogP contribution in [-0.4, -0.2) is 16.5 Å². The zero-order valence-corrected chi connectivity index (χ0v) is 11.0. The van der Waals surface area contributed by atoms with Crippen molar-refractivity contribution in [3.63, 3.8) is 0 Å². The molecule has 5 heteroatoms. The van der Waals surface area contributed by atoms with E-state index in [2.05, 4.69) is 43.0 Å². The second kappa shape index (κ2) is 4.87. The smallest absolute Gasteiger partial charge is 0.222 e. The standard InChI is InChI=1S/C11H19ClN4/c1-7(2)11(3,4)6-15-9-8(12)5-14-10(13)16-9/h5,7H,6H2,1-4H3,(H3,13,14,15,16). The summed E-state index contributed by atoms with van der Waals surface area (Å²) in [4.78, 5) is 7.87. The normalized spacial score (nSPS) is 11.9. The fraction of sp³-hybridized carbons (Fsp3) is 0.636. The van der Waals surface area contributed by atoms with Crippen molar-refractivity contribution < 1.29 is 0 Å². The number of nitrogen functional groups attached to an aromatic ring is 1. The van der Waals surface area contributed by atoms with E-state index in [9.17, 15) is 0 Å². The minimum atomic E-state index is 0.170. The van der Waals surface area contributed by atoms with Gasteiger partial charge in [0.25, 0.3) is 0 Å². The number of aromatic nitrogens is 2. The van der Waals surface area contributed by atoms with Gasteiger partial charge in [-0.1, -0.05) is 39.3 Å². The number of anilines is 2. The number of nitrogens with two attached hydrogens (primary N) is 1. The van der Waals surface area contributed by atoms with Crippen LogP contribution in [0.5, 0.6) is 0 Å². The summed E-state index contributed by atoms with van der Waals surface area (Å²) in [6.45, 7) is 9.57. The summed E-state index contributed by atoms with van der Waals surface area (Å²) in [5.41, 5.74) is 5.68. The van der Waals surface area contributed by atoms with E-state index in [1.54, 1.807) is 0 Å². The molecule has 0 fully saturated rings. The Morgan fingerprint density at radius 1 is 1.50 bits per heavy atom. The van der Waals surface area contributed by atoms with Gasteiger partial charge in [0.05, 0.1) is 6.20 Å². The van der Waals surface area contributed by atoms with Crippen LogP contribution in [0.15, 0.2) is 6.20 Å². The van der Waals surface area contributed by atoms with Crippen LogP contribution in [-0.2, 0) is 0 Å². The quantitative estimate of drug-likeness (QED) is 0.852. The van der Waals surface area contributed by atoms with E-state index in [1.165, 1.54) is 6.20 Å². The Hall–Kier alpha value is -1.03. The van der Waals surface area contributed by atoms with Crippen LogP contribution in [0.2, 0.25) is 5.02 Å². The van der Waals surface area contributed by atoms with Crippen molar-refractivity contribution in [1.82, 2.24) is 9.97 Å². The molecule has 0 spiro atoms. The lowest BCUT2D eigenvalue weighted by atomic mass is 9.81. The molecule has 0 aliphatic rings. The Balaban J connectivity index is 2.71. The largest absolute Gasteiger partial charge is 0.368 e. The van der Waals surface area contributed by atoms with Gasteiger partial charge in [-0.15, -0.1) is 0 Å². The van der Waals surface area contributed by atoms with Gasteiger partial charge in [-0.05, 0) is 11.3 Å². The first-order valence-corrected chi connectivity index (χ1v) is 5.72.